The van der Waals surface area contributed by atoms with E-state index in [0.29, 0.717) is 17.1 Å². The van der Waals surface area contributed by atoms with Gasteiger partial charge < -0.3 is 10.0 Å². The Hall–Kier alpha value is -0.410. The van der Waals surface area contributed by atoms with Crippen molar-refractivity contribution in [2.24, 2.45) is 39.9 Å². The highest BCUT2D eigenvalue weighted by atomic mass is 16.3. The average Bonchev–Trinajstić information content (AvgIpc) is 2.95. The quantitative estimate of drug-likeness (QED) is 0.703. The number of carbonyl (C=O) groups excluding carboxylic acids is 1. The highest BCUT2D eigenvalue weighted by molar-refractivity contribution is 5.89. The normalized spacial score (nSPS) is 53.2. The number of aliphatic hydroxyl groups excluding tert-OH is 1. The van der Waals surface area contributed by atoms with E-state index in [1.54, 1.807) is 0 Å². The van der Waals surface area contributed by atoms with Crippen molar-refractivity contribution in [3.8, 4) is 0 Å². The summed E-state index contributed by atoms with van der Waals surface area (Å²) in [4.78, 5) is 16.2. The molecule has 8 atom stereocenters. The molecular formula is C26H43NO2. The number of hydrogen-bond donors (Lipinski definition) is 1. The summed E-state index contributed by atoms with van der Waals surface area (Å²) in [5, 5.41) is 10.4. The minimum Gasteiger partial charge on any atom is -0.393 e. The molecule has 29 heavy (non-hydrogen) atoms. The van der Waals surface area contributed by atoms with Crippen LogP contribution in [0.1, 0.15) is 91.4 Å². The van der Waals surface area contributed by atoms with Crippen molar-refractivity contribution in [1.82, 2.24) is 4.90 Å². The zero-order valence-corrected chi connectivity index (χ0v) is 19.1. The van der Waals surface area contributed by atoms with Crippen LogP contribution in [0, 0.1) is 39.9 Å². The van der Waals surface area contributed by atoms with Gasteiger partial charge in [0.15, 0.2) is 0 Å². The van der Waals surface area contributed by atoms with Gasteiger partial charge in [-0.05, 0) is 106 Å². The van der Waals surface area contributed by atoms with Crippen molar-refractivity contribution in [2.45, 2.75) is 97.5 Å². The van der Waals surface area contributed by atoms with Gasteiger partial charge in [0, 0.05) is 17.9 Å². The molecule has 0 aromatic carbocycles. The lowest BCUT2D eigenvalue weighted by molar-refractivity contribution is -0.169. The van der Waals surface area contributed by atoms with E-state index in [1.165, 1.54) is 58.0 Å². The zero-order chi connectivity index (χ0) is 20.4. The lowest BCUT2D eigenvalue weighted by atomic mass is 9.40. The molecule has 0 bridgehead atoms. The molecule has 5 rings (SSSR count). The molecule has 5 aliphatic rings. The minimum atomic E-state index is -0.0968. The number of rotatable bonds is 2. The highest BCUT2D eigenvalue weighted by Gasteiger charge is 2.64. The molecule has 0 unspecified atom stereocenters. The molecule has 4 aliphatic carbocycles. The summed E-state index contributed by atoms with van der Waals surface area (Å²) in [5.41, 5.74) is 0.583. The molecule has 5 fully saturated rings. The van der Waals surface area contributed by atoms with Crippen LogP contribution in [0.4, 0.5) is 0 Å². The van der Waals surface area contributed by atoms with Crippen LogP contribution >= 0.6 is 0 Å². The maximum atomic E-state index is 13.6. The summed E-state index contributed by atoms with van der Waals surface area (Å²) in [6.07, 6.45) is 13.1. The molecule has 164 valence electrons. The van der Waals surface area contributed by atoms with Gasteiger partial charge in [-0.3, -0.25) is 4.79 Å². The summed E-state index contributed by atoms with van der Waals surface area (Å²) in [7, 11) is 0. The molecule has 1 heterocycles. The van der Waals surface area contributed by atoms with Crippen LogP contribution in [-0.2, 0) is 4.79 Å². The van der Waals surface area contributed by atoms with Crippen LogP contribution in [-0.4, -0.2) is 41.5 Å². The summed E-state index contributed by atoms with van der Waals surface area (Å²) in [6.45, 7) is 10.8. The first-order chi connectivity index (χ1) is 13.8. The van der Waals surface area contributed by atoms with Crippen LogP contribution in [0.3, 0.4) is 0 Å². The molecule has 0 radical (unpaired) electrons. The number of carbonyl (C=O) groups is 1. The summed E-state index contributed by atoms with van der Waals surface area (Å²) >= 11 is 0. The fourth-order valence-corrected chi connectivity index (χ4v) is 9.16. The van der Waals surface area contributed by atoms with Crippen molar-refractivity contribution in [3.05, 3.63) is 0 Å². The van der Waals surface area contributed by atoms with E-state index in [0.717, 1.165) is 44.1 Å². The monoisotopic (exact) mass is 401 g/mol. The van der Waals surface area contributed by atoms with E-state index in [4.69, 9.17) is 0 Å². The predicted octanol–water partition coefficient (Wildman–Crippen LogP) is 5.06. The molecule has 1 aliphatic heterocycles. The maximum Gasteiger partial charge on any atom is 0.143 e. The summed E-state index contributed by atoms with van der Waals surface area (Å²) in [5.74, 6) is 3.00. The van der Waals surface area contributed by atoms with Crippen molar-refractivity contribution < 1.29 is 9.90 Å². The van der Waals surface area contributed by atoms with Gasteiger partial charge in [-0.2, -0.15) is 0 Å². The SMILES string of the molecule is C[C@@]12CC[C@H]3[C@@H]4C[C@@H](CN5CCCCC5)C(=O)[C@@]4(C)CC[C@@H]3[C@@]1(C)CC[C@@H](O)C2. The zero-order valence-electron chi connectivity index (χ0n) is 19.1. The summed E-state index contributed by atoms with van der Waals surface area (Å²) < 4.78 is 0. The first kappa shape index (κ1) is 20.5. The highest BCUT2D eigenvalue weighted by Crippen LogP contribution is 2.69. The Morgan fingerprint density at radius 2 is 1.72 bits per heavy atom. The maximum absolute atomic E-state index is 13.6. The summed E-state index contributed by atoms with van der Waals surface area (Å²) in [6, 6.07) is 0. The minimum absolute atomic E-state index is 0.0557. The molecule has 0 amide bonds. The second-order valence-electron chi connectivity index (χ2n) is 12.4. The first-order valence-corrected chi connectivity index (χ1v) is 12.7. The van der Waals surface area contributed by atoms with E-state index in [-0.39, 0.29) is 22.9 Å². The van der Waals surface area contributed by atoms with Gasteiger partial charge in [-0.15, -0.1) is 0 Å². The molecule has 0 spiro atoms. The number of fused-ring (bicyclic) bond motifs is 5. The van der Waals surface area contributed by atoms with Crippen LogP contribution < -0.4 is 0 Å². The van der Waals surface area contributed by atoms with E-state index in [1.807, 2.05) is 0 Å². The Kier molecular flexibility index (Phi) is 4.98. The van der Waals surface area contributed by atoms with Gasteiger partial charge in [-0.25, -0.2) is 0 Å². The lowest BCUT2D eigenvalue weighted by Gasteiger charge is -2.64. The predicted molar refractivity (Wildman–Crippen MR) is 117 cm³/mol. The van der Waals surface area contributed by atoms with Crippen LogP contribution in [0.5, 0.6) is 0 Å². The van der Waals surface area contributed by atoms with Crippen molar-refractivity contribution in [3.63, 3.8) is 0 Å². The van der Waals surface area contributed by atoms with Crippen LogP contribution in [0.15, 0.2) is 0 Å². The third-order valence-electron chi connectivity index (χ3n) is 11.1. The number of nitrogens with zero attached hydrogens (tertiary/aromatic N) is 1. The second-order valence-corrected chi connectivity index (χ2v) is 12.4. The van der Waals surface area contributed by atoms with E-state index >= 15 is 0 Å². The van der Waals surface area contributed by atoms with Crippen molar-refractivity contribution in [1.29, 1.82) is 0 Å². The molecule has 1 N–H and O–H groups in total. The number of likely N-dealkylation sites (tertiary alicyclic amines) is 1. The Balaban J connectivity index is 1.37. The van der Waals surface area contributed by atoms with Crippen molar-refractivity contribution >= 4 is 5.78 Å². The largest absolute Gasteiger partial charge is 0.393 e. The Morgan fingerprint density at radius 3 is 2.48 bits per heavy atom. The van der Waals surface area contributed by atoms with Crippen molar-refractivity contribution in [2.75, 3.05) is 19.6 Å². The molecule has 0 aromatic heterocycles. The molecule has 3 heteroatoms. The van der Waals surface area contributed by atoms with Gasteiger partial charge in [-0.1, -0.05) is 27.2 Å². The van der Waals surface area contributed by atoms with Crippen LogP contribution in [0.25, 0.3) is 0 Å². The Morgan fingerprint density at radius 1 is 0.966 bits per heavy atom. The molecule has 4 saturated carbocycles. The molecular weight excluding hydrogens is 358 g/mol. The third-order valence-corrected chi connectivity index (χ3v) is 11.1. The van der Waals surface area contributed by atoms with Gasteiger partial charge >= 0.3 is 0 Å². The van der Waals surface area contributed by atoms with Gasteiger partial charge in [0.25, 0.3) is 0 Å². The van der Waals surface area contributed by atoms with E-state index in [2.05, 4.69) is 25.7 Å². The fourth-order valence-electron chi connectivity index (χ4n) is 9.16. The Bertz CT molecular complexity index is 657. The van der Waals surface area contributed by atoms with E-state index in [9.17, 15) is 9.90 Å². The molecule has 0 aromatic rings. The van der Waals surface area contributed by atoms with Gasteiger partial charge in [0.1, 0.15) is 5.78 Å². The Labute approximate surface area is 178 Å². The lowest BCUT2D eigenvalue weighted by Crippen LogP contribution is -2.58. The average molecular weight is 402 g/mol. The number of hydrogen-bond acceptors (Lipinski definition) is 3. The molecule has 3 nitrogen and oxygen atoms in total. The fraction of sp³-hybridized carbons (Fsp3) is 0.962. The smallest absolute Gasteiger partial charge is 0.143 e. The van der Waals surface area contributed by atoms with Gasteiger partial charge in [0.05, 0.1) is 6.10 Å². The topological polar surface area (TPSA) is 40.5 Å². The first-order valence-electron chi connectivity index (χ1n) is 12.7. The van der Waals surface area contributed by atoms with Gasteiger partial charge in [0.2, 0.25) is 0 Å². The standard InChI is InChI=1S/C26H43NO2/c1-24-10-8-20-21(26(24,3)12-7-19(28)16-24)9-11-25(2)22(20)15-18(23(25)29)17-27-13-5-4-6-14-27/h18-22,28H,4-17H2,1-3H3/t18-,19+,20+,21-,22-,24-,25-,26+/m0/s1. The number of aliphatic hydroxyl groups is 1. The number of piperidine rings is 1. The van der Waals surface area contributed by atoms with Crippen LogP contribution in [0.2, 0.25) is 0 Å². The van der Waals surface area contributed by atoms with E-state index < -0.39 is 0 Å². The third kappa shape index (κ3) is 3.00. The number of Topliss-reactive ketones (excluding diaryl/α,β-unsaturated/α-hetero) is 1. The molecule has 1 saturated heterocycles. The number of ketones is 1. The second kappa shape index (κ2) is 7.05.